The van der Waals surface area contributed by atoms with E-state index in [4.69, 9.17) is 14.5 Å². The number of hydrogen-bond acceptors (Lipinski definition) is 4. The molecule has 0 aliphatic rings. The van der Waals surface area contributed by atoms with E-state index in [-0.39, 0.29) is 5.56 Å². The number of nitrogens with zero attached hydrogens (tertiary/aromatic N) is 1. The van der Waals surface area contributed by atoms with Crippen molar-refractivity contribution in [1.82, 2.24) is 4.98 Å². The number of aromatic nitrogens is 1. The third-order valence-electron chi connectivity index (χ3n) is 4.69. The number of rotatable bonds is 5. The summed E-state index contributed by atoms with van der Waals surface area (Å²) in [7, 11) is 1.58. The van der Waals surface area contributed by atoms with Gasteiger partial charge in [0.2, 0.25) is 0 Å². The van der Waals surface area contributed by atoms with Gasteiger partial charge >= 0.3 is 5.97 Å². The van der Waals surface area contributed by atoms with Gasteiger partial charge in [0, 0.05) is 10.9 Å². The number of ether oxygens (including phenoxy) is 2. The number of methoxy groups -OCH3 is 1. The molecule has 0 spiro atoms. The quantitative estimate of drug-likeness (QED) is 0.489. The highest BCUT2D eigenvalue weighted by molar-refractivity contribution is 6.15. The van der Waals surface area contributed by atoms with Gasteiger partial charge in [-0.05, 0) is 48.0 Å². The molecule has 0 radical (unpaired) electrons. The van der Waals surface area contributed by atoms with Crippen LogP contribution < -0.4 is 9.47 Å². The topological polar surface area (TPSA) is 68.7 Å². The fourth-order valence-corrected chi connectivity index (χ4v) is 3.43. The van der Waals surface area contributed by atoms with Crippen molar-refractivity contribution in [1.29, 1.82) is 0 Å². The lowest BCUT2D eigenvalue weighted by Gasteiger charge is -2.13. The van der Waals surface area contributed by atoms with Gasteiger partial charge in [0.15, 0.2) is 11.5 Å². The second-order valence-electron chi connectivity index (χ2n) is 6.34. The summed E-state index contributed by atoms with van der Waals surface area (Å²) < 4.78 is 11.0. The molecular formula is C23H19NO4. The molecule has 0 aliphatic carbocycles. The van der Waals surface area contributed by atoms with Crippen molar-refractivity contribution >= 4 is 27.6 Å². The lowest BCUT2D eigenvalue weighted by molar-refractivity contribution is 0.0699. The van der Waals surface area contributed by atoms with Crippen LogP contribution in [-0.2, 0) is 0 Å². The van der Waals surface area contributed by atoms with E-state index in [1.807, 2.05) is 55.5 Å². The Morgan fingerprint density at radius 2 is 1.86 bits per heavy atom. The van der Waals surface area contributed by atoms with Gasteiger partial charge in [-0.3, -0.25) is 0 Å². The average molecular weight is 373 g/mol. The summed E-state index contributed by atoms with van der Waals surface area (Å²) in [5.41, 5.74) is 2.21. The monoisotopic (exact) mass is 373 g/mol. The number of fused-ring (bicyclic) bond motifs is 3. The Hall–Kier alpha value is -3.60. The Morgan fingerprint density at radius 3 is 2.61 bits per heavy atom. The van der Waals surface area contributed by atoms with E-state index >= 15 is 0 Å². The molecule has 0 saturated heterocycles. The summed E-state index contributed by atoms with van der Waals surface area (Å²) in [5, 5.41) is 12.4. The third kappa shape index (κ3) is 3.01. The minimum atomic E-state index is -0.983. The maximum absolute atomic E-state index is 12.0. The summed E-state index contributed by atoms with van der Waals surface area (Å²) in [5.74, 6) is 0.235. The molecule has 1 aromatic heterocycles. The van der Waals surface area contributed by atoms with E-state index in [1.54, 1.807) is 19.2 Å². The van der Waals surface area contributed by atoms with Crippen molar-refractivity contribution in [3.63, 3.8) is 0 Å². The summed E-state index contributed by atoms with van der Waals surface area (Å²) >= 11 is 0. The van der Waals surface area contributed by atoms with Gasteiger partial charge in [-0.1, -0.05) is 30.3 Å². The molecule has 0 unspecified atom stereocenters. The van der Waals surface area contributed by atoms with Gasteiger partial charge in [0.25, 0.3) is 0 Å². The third-order valence-corrected chi connectivity index (χ3v) is 4.69. The average Bonchev–Trinajstić information content (AvgIpc) is 2.72. The summed E-state index contributed by atoms with van der Waals surface area (Å²) in [4.78, 5) is 16.8. The SMILES string of the molecule is CCOc1cc(-c2cc(C(=O)O)c3c(ccc4ccccc43)n2)ccc1OC. The molecule has 0 amide bonds. The lowest BCUT2D eigenvalue weighted by Crippen LogP contribution is -2.01. The van der Waals surface area contributed by atoms with Crippen LogP contribution in [0.2, 0.25) is 0 Å². The summed E-state index contributed by atoms with van der Waals surface area (Å²) in [6.07, 6.45) is 0. The molecule has 5 heteroatoms. The Morgan fingerprint density at radius 1 is 1.04 bits per heavy atom. The molecule has 0 aliphatic heterocycles. The van der Waals surface area contributed by atoms with Crippen LogP contribution in [0, 0.1) is 0 Å². The first-order valence-corrected chi connectivity index (χ1v) is 8.99. The van der Waals surface area contributed by atoms with Gasteiger partial charge in [-0.25, -0.2) is 9.78 Å². The standard InChI is InChI=1S/C23H19NO4/c1-3-28-21-12-15(9-11-20(21)27-2)19-13-17(23(25)26)22-16-7-5-4-6-14(16)8-10-18(22)24-19/h4-13H,3H2,1-2H3,(H,25,26). The number of benzene rings is 3. The zero-order valence-electron chi connectivity index (χ0n) is 15.6. The van der Waals surface area contributed by atoms with Gasteiger partial charge < -0.3 is 14.6 Å². The van der Waals surface area contributed by atoms with Crippen molar-refractivity contribution < 1.29 is 19.4 Å². The summed E-state index contributed by atoms with van der Waals surface area (Å²) in [6, 6.07) is 18.6. The van der Waals surface area contributed by atoms with Crippen LogP contribution in [0.15, 0.2) is 60.7 Å². The summed E-state index contributed by atoms with van der Waals surface area (Å²) in [6.45, 7) is 2.39. The first-order valence-electron chi connectivity index (χ1n) is 8.99. The Labute approximate surface area is 162 Å². The van der Waals surface area contributed by atoms with Crippen molar-refractivity contribution in [2.24, 2.45) is 0 Å². The molecule has 28 heavy (non-hydrogen) atoms. The van der Waals surface area contributed by atoms with Crippen LogP contribution in [0.25, 0.3) is 32.9 Å². The molecule has 0 saturated carbocycles. The van der Waals surface area contributed by atoms with Gasteiger partial charge in [0.05, 0.1) is 30.5 Å². The number of carbonyl (C=O) groups is 1. The molecule has 5 nitrogen and oxygen atoms in total. The zero-order valence-corrected chi connectivity index (χ0v) is 15.6. The zero-order chi connectivity index (χ0) is 19.7. The molecule has 0 atom stereocenters. The van der Waals surface area contributed by atoms with E-state index in [1.165, 1.54) is 0 Å². The van der Waals surface area contributed by atoms with Crippen molar-refractivity contribution in [2.45, 2.75) is 6.92 Å². The number of hydrogen-bond donors (Lipinski definition) is 1. The fraction of sp³-hybridized carbons (Fsp3) is 0.130. The maximum Gasteiger partial charge on any atom is 0.336 e. The van der Waals surface area contributed by atoms with E-state index in [0.717, 1.165) is 16.3 Å². The molecule has 1 N–H and O–H groups in total. The van der Waals surface area contributed by atoms with E-state index in [2.05, 4.69) is 0 Å². The predicted molar refractivity (Wildman–Crippen MR) is 109 cm³/mol. The highest BCUT2D eigenvalue weighted by atomic mass is 16.5. The molecule has 4 rings (SSSR count). The predicted octanol–water partition coefficient (Wildman–Crippen LogP) is 5.16. The number of aromatic carboxylic acids is 1. The highest BCUT2D eigenvalue weighted by Gasteiger charge is 2.16. The second kappa shape index (κ2) is 7.19. The Balaban J connectivity index is 1.98. The largest absolute Gasteiger partial charge is 0.493 e. The van der Waals surface area contributed by atoms with Gasteiger partial charge in [-0.2, -0.15) is 0 Å². The lowest BCUT2D eigenvalue weighted by atomic mass is 9.98. The van der Waals surface area contributed by atoms with E-state index in [9.17, 15) is 9.90 Å². The minimum Gasteiger partial charge on any atom is -0.493 e. The van der Waals surface area contributed by atoms with Crippen molar-refractivity contribution in [2.75, 3.05) is 13.7 Å². The first-order chi connectivity index (χ1) is 13.6. The minimum absolute atomic E-state index is 0.227. The highest BCUT2D eigenvalue weighted by Crippen LogP contribution is 2.35. The van der Waals surface area contributed by atoms with Gasteiger partial charge in [0.1, 0.15) is 0 Å². The van der Waals surface area contributed by atoms with Crippen molar-refractivity contribution in [3.8, 4) is 22.8 Å². The van der Waals surface area contributed by atoms with Crippen LogP contribution in [0.3, 0.4) is 0 Å². The van der Waals surface area contributed by atoms with Crippen LogP contribution in [-0.4, -0.2) is 29.8 Å². The first kappa shape index (κ1) is 17.8. The number of pyridine rings is 1. The molecule has 140 valence electrons. The number of carboxylic acid groups (broad SMARTS) is 1. The van der Waals surface area contributed by atoms with Gasteiger partial charge in [-0.15, -0.1) is 0 Å². The van der Waals surface area contributed by atoms with E-state index < -0.39 is 5.97 Å². The van der Waals surface area contributed by atoms with Crippen LogP contribution in [0.1, 0.15) is 17.3 Å². The maximum atomic E-state index is 12.0. The van der Waals surface area contributed by atoms with Crippen LogP contribution >= 0.6 is 0 Å². The van der Waals surface area contributed by atoms with E-state index in [0.29, 0.717) is 34.7 Å². The molecule has 0 bridgehead atoms. The number of carboxylic acids is 1. The Bertz CT molecular complexity index is 1200. The van der Waals surface area contributed by atoms with Crippen LogP contribution in [0.5, 0.6) is 11.5 Å². The molecule has 4 aromatic rings. The second-order valence-corrected chi connectivity index (χ2v) is 6.34. The Kier molecular flexibility index (Phi) is 4.57. The fourth-order valence-electron chi connectivity index (χ4n) is 3.43. The smallest absolute Gasteiger partial charge is 0.336 e. The van der Waals surface area contributed by atoms with Crippen molar-refractivity contribution in [3.05, 3.63) is 66.2 Å². The molecular weight excluding hydrogens is 354 g/mol. The molecule has 0 fully saturated rings. The molecule has 3 aromatic carbocycles. The normalized spacial score (nSPS) is 10.9. The van der Waals surface area contributed by atoms with Crippen LogP contribution in [0.4, 0.5) is 0 Å². The molecule has 1 heterocycles.